The summed E-state index contributed by atoms with van der Waals surface area (Å²) in [5.74, 6) is -5.02. The number of hydrogen-bond acceptors (Lipinski definition) is 7. The number of hydrogen-bond donors (Lipinski definition) is 7. The summed E-state index contributed by atoms with van der Waals surface area (Å²) in [7, 11) is 0. The maximum absolute atomic E-state index is 10.9. The van der Waals surface area contributed by atoms with Crippen LogP contribution in [0.3, 0.4) is 0 Å². The average molecular weight is 344 g/mol. The van der Waals surface area contributed by atoms with Crippen molar-refractivity contribution in [3.05, 3.63) is 27.2 Å². The van der Waals surface area contributed by atoms with Crippen molar-refractivity contribution in [2.75, 3.05) is 0 Å². The highest BCUT2D eigenvalue weighted by molar-refractivity contribution is 5.88. The summed E-state index contributed by atoms with van der Waals surface area (Å²) in [4.78, 5) is 62.8. The molecule has 0 radical (unpaired) electrons. The molecular formula is C11H12N4O9. The second-order valence-electron chi connectivity index (χ2n) is 4.51. The zero-order valence-corrected chi connectivity index (χ0v) is 11.8. The lowest BCUT2D eigenvalue weighted by atomic mass is 9.96. The van der Waals surface area contributed by atoms with Gasteiger partial charge in [0.05, 0.1) is 19.2 Å². The Morgan fingerprint density at radius 2 is 1.58 bits per heavy atom. The van der Waals surface area contributed by atoms with E-state index in [1.165, 1.54) is 6.33 Å². The SMILES string of the molecule is O=C(O)CC(O)(CC(=O)O)C(=O)O.O=c1[nH]c(=O)c2[nH]cnc2[nH]1. The van der Waals surface area contributed by atoms with E-state index in [1.807, 2.05) is 0 Å². The summed E-state index contributed by atoms with van der Waals surface area (Å²) < 4.78 is 0. The fourth-order valence-corrected chi connectivity index (χ4v) is 1.58. The minimum Gasteiger partial charge on any atom is -0.481 e. The molecule has 0 aliphatic carbocycles. The first-order valence-electron chi connectivity index (χ1n) is 6.10. The molecule has 13 heteroatoms. The highest BCUT2D eigenvalue weighted by atomic mass is 16.4. The van der Waals surface area contributed by atoms with Gasteiger partial charge < -0.3 is 25.4 Å². The Balaban J connectivity index is 0.000000242. The zero-order chi connectivity index (χ0) is 18.5. The lowest BCUT2D eigenvalue weighted by Crippen LogP contribution is -2.42. The Bertz CT molecular complexity index is 861. The summed E-state index contributed by atoms with van der Waals surface area (Å²) in [6.45, 7) is 0. The monoisotopic (exact) mass is 344 g/mol. The first-order chi connectivity index (χ1) is 11.0. The fourth-order valence-electron chi connectivity index (χ4n) is 1.58. The number of H-pyrrole nitrogens is 3. The van der Waals surface area contributed by atoms with Crippen molar-refractivity contribution >= 4 is 29.1 Å². The number of nitrogens with zero attached hydrogens (tertiary/aromatic N) is 1. The van der Waals surface area contributed by atoms with Crippen molar-refractivity contribution in [1.82, 2.24) is 19.9 Å². The molecule has 130 valence electrons. The molecule has 0 spiro atoms. The molecule has 0 aliphatic rings. The molecule has 24 heavy (non-hydrogen) atoms. The lowest BCUT2D eigenvalue weighted by Gasteiger charge is -2.18. The number of aliphatic hydroxyl groups is 1. The van der Waals surface area contributed by atoms with Crippen LogP contribution in [0.15, 0.2) is 15.9 Å². The minimum absolute atomic E-state index is 0.277. The molecule has 2 aromatic heterocycles. The summed E-state index contributed by atoms with van der Waals surface area (Å²) in [6, 6.07) is 0. The maximum atomic E-state index is 10.9. The summed E-state index contributed by atoms with van der Waals surface area (Å²) in [6.07, 6.45) is -0.945. The van der Waals surface area contributed by atoms with Crippen molar-refractivity contribution in [1.29, 1.82) is 0 Å². The van der Waals surface area contributed by atoms with Crippen LogP contribution < -0.4 is 11.2 Å². The van der Waals surface area contributed by atoms with Gasteiger partial charge in [0.15, 0.2) is 11.2 Å². The van der Waals surface area contributed by atoms with E-state index in [-0.39, 0.29) is 11.2 Å². The van der Waals surface area contributed by atoms with Crippen molar-refractivity contribution in [2.24, 2.45) is 0 Å². The topological polar surface area (TPSA) is 227 Å². The molecule has 0 atom stereocenters. The Morgan fingerprint density at radius 1 is 1.04 bits per heavy atom. The van der Waals surface area contributed by atoms with Crippen LogP contribution in [0.2, 0.25) is 0 Å². The van der Waals surface area contributed by atoms with Crippen molar-refractivity contribution < 1.29 is 34.8 Å². The summed E-state index contributed by atoms with van der Waals surface area (Å²) >= 11 is 0. The molecule has 2 heterocycles. The van der Waals surface area contributed by atoms with Gasteiger partial charge in [-0.05, 0) is 0 Å². The first kappa shape index (κ1) is 18.6. The predicted molar refractivity (Wildman–Crippen MR) is 74.4 cm³/mol. The van der Waals surface area contributed by atoms with E-state index in [1.54, 1.807) is 0 Å². The van der Waals surface area contributed by atoms with Gasteiger partial charge in [0.1, 0.15) is 5.52 Å². The number of carboxylic acids is 3. The molecule has 0 amide bonds. The van der Waals surface area contributed by atoms with Crippen molar-refractivity contribution in [3.63, 3.8) is 0 Å². The van der Waals surface area contributed by atoms with Gasteiger partial charge in [-0.1, -0.05) is 0 Å². The van der Waals surface area contributed by atoms with Gasteiger partial charge in [-0.15, -0.1) is 0 Å². The third-order valence-electron chi connectivity index (χ3n) is 2.61. The molecular weight excluding hydrogens is 332 g/mol. The van der Waals surface area contributed by atoms with Crippen LogP contribution in [0.1, 0.15) is 12.8 Å². The largest absolute Gasteiger partial charge is 0.481 e. The number of aliphatic carboxylic acids is 3. The molecule has 2 aromatic rings. The molecule has 0 saturated heterocycles. The number of imidazole rings is 1. The van der Waals surface area contributed by atoms with Crippen LogP contribution in [-0.2, 0) is 14.4 Å². The molecule has 13 nitrogen and oxygen atoms in total. The smallest absolute Gasteiger partial charge is 0.336 e. The van der Waals surface area contributed by atoms with Gasteiger partial charge in [0, 0.05) is 0 Å². The van der Waals surface area contributed by atoms with E-state index in [9.17, 15) is 24.0 Å². The van der Waals surface area contributed by atoms with E-state index in [4.69, 9.17) is 20.4 Å². The molecule has 0 aromatic carbocycles. The van der Waals surface area contributed by atoms with Crippen molar-refractivity contribution in [3.8, 4) is 0 Å². The second-order valence-corrected chi connectivity index (χ2v) is 4.51. The van der Waals surface area contributed by atoms with E-state index in [0.29, 0.717) is 0 Å². The number of carbonyl (C=O) groups is 3. The van der Waals surface area contributed by atoms with Gasteiger partial charge in [0.25, 0.3) is 5.56 Å². The minimum atomic E-state index is -2.74. The lowest BCUT2D eigenvalue weighted by molar-refractivity contribution is -0.170. The number of aromatic amines is 3. The van der Waals surface area contributed by atoms with E-state index < -0.39 is 47.6 Å². The fraction of sp³-hybridized carbons (Fsp3) is 0.273. The summed E-state index contributed by atoms with van der Waals surface area (Å²) in [5.41, 5.74) is -3.18. The molecule has 2 rings (SSSR count). The van der Waals surface area contributed by atoms with Gasteiger partial charge in [0.2, 0.25) is 0 Å². The number of carboxylic acid groups (broad SMARTS) is 3. The second kappa shape index (κ2) is 7.19. The number of aromatic nitrogens is 4. The van der Waals surface area contributed by atoms with Crippen LogP contribution in [0.25, 0.3) is 11.2 Å². The van der Waals surface area contributed by atoms with Crippen LogP contribution in [0, 0.1) is 0 Å². The number of rotatable bonds is 5. The summed E-state index contributed by atoms with van der Waals surface area (Å²) in [5, 5.41) is 33.8. The third kappa shape index (κ3) is 4.77. The normalized spacial score (nSPS) is 10.7. The molecule has 0 aliphatic heterocycles. The predicted octanol–water partition coefficient (Wildman–Crippen LogP) is -2.31. The van der Waals surface area contributed by atoms with Crippen LogP contribution >= 0.6 is 0 Å². The van der Waals surface area contributed by atoms with Crippen LogP contribution in [0.4, 0.5) is 0 Å². The Labute approximate surface area is 130 Å². The van der Waals surface area contributed by atoms with E-state index >= 15 is 0 Å². The van der Waals surface area contributed by atoms with E-state index in [0.717, 1.165) is 0 Å². The van der Waals surface area contributed by atoms with Crippen LogP contribution in [-0.4, -0.2) is 63.9 Å². The molecule has 0 fully saturated rings. The van der Waals surface area contributed by atoms with Gasteiger partial charge in [-0.25, -0.2) is 14.6 Å². The average Bonchev–Trinajstić information content (AvgIpc) is 2.85. The van der Waals surface area contributed by atoms with E-state index in [2.05, 4.69) is 19.9 Å². The number of fused-ring (bicyclic) bond motifs is 1. The van der Waals surface area contributed by atoms with Gasteiger partial charge in [-0.2, -0.15) is 0 Å². The quantitative estimate of drug-likeness (QED) is 0.306. The third-order valence-corrected chi connectivity index (χ3v) is 2.61. The van der Waals surface area contributed by atoms with Crippen molar-refractivity contribution in [2.45, 2.75) is 18.4 Å². The Hall–Kier alpha value is -3.48. The molecule has 0 bridgehead atoms. The molecule has 0 saturated carbocycles. The maximum Gasteiger partial charge on any atom is 0.336 e. The highest BCUT2D eigenvalue weighted by Gasteiger charge is 2.40. The zero-order valence-electron chi connectivity index (χ0n) is 11.8. The molecule has 0 unspecified atom stereocenters. The standard InChI is InChI=1S/C6H8O7.C5H4N4O2/c7-3(8)1-6(13,5(11)12)2-4(9)10;10-4-2-3(7-1-6-2)8-5(11)9-4/h13H,1-2H2,(H,7,8)(H,9,10)(H,11,12);1H,(H3,6,7,8,9,10,11). The Kier molecular flexibility index (Phi) is 5.56. The van der Waals surface area contributed by atoms with Gasteiger partial charge in [-0.3, -0.25) is 24.4 Å². The molecule has 7 N–H and O–H groups in total. The highest BCUT2D eigenvalue weighted by Crippen LogP contribution is 2.15. The first-order valence-corrected chi connectivity index (χ1v) is 6.10. The number of nitrogens with one attached hydrogen (secondary N) is 3. The van der Waals surface area contributed by atoms with Crippen LogP contribution in [0.5, 0.6) is 0 Å². The van der Waals surface area contributed by atoms with Gasteiger partial charge >= 0.3 is 23.6 Å². The Morgan fingerprint density at radius 3 is 2.04 bits per heavy atom.